The van der Waals surface area contributed by atoms with E-state index in [0.717, 1.165) is 60.6 Å². The maximum absolute atomic E-state index is 6.54. The Kier molecular flexibility index (Phi) is 6.85. The average Bonchev–Trinajstić information content (AvgIpc) is 2.75. The molecule has 174 valence electrons. The van der Waals surface area contributed by atoms with Gasteiger partial charge in [0.25, 0.3) is 0 Å². The van der Waals surface area contributed by atoms with Gasteiger partial charge in [0.05, 0.1) is 60.6 Å². The van der Waals surface area contributed by atoms with E-state index in [0.29, 0.717) is 0 Å². The van der Waals surface area contributed by atoms with Gasteiger partial charge < -0.3 is 23.2 Å². The van der Waals surface area contributed by atoms with Gasteiger partial charge in [0.1, 0.15) is 19.2 Å². The molecule has 3 aliphatic rings. The molecule has 0 saturated carbocycles. The SMILES string of the molecule is COc1cc2c(cc1OC)C[N@+](C)(C[C@H](C)OC[C@@H]1CCC[N@@+]3(C)CCCC[C@H]13)CC2. The molecule has 0 N–H and O–H groups in total. The summed E-state index contributed by atoms with van der Waals surface area (Å²) in [5.74, 6) is 2.42. The molecule has 1 aromatic rings. The van der Waals surface area contributed by atoms with Gasteiger partial charge in [0.15, 0.2) is 11.5 Å². The van der Waals surface area contributed by atoms with Crippen LogP contribution >= 0.6 is 0 Å². The Morgan fingerprint density at radius 3 is 2.39 bits per heavy atom. The normalized spacial score (nSPS) is 33.8. The fourth-order valence-electron chi connectivity index (χ4n) is 6.77. The molecular formula is C26H44N2O3+2. The summed E-state index contributed by atoms with van der Waals surface area (Å²) in [5.41, 5.74) is 2.79. The van der Waals surface area contributed by atoms with Crippen LogP contribution in [0.3, 0.4) is 0 Å². The summed E-state index contributed by atoms with van der Waals surface area (Å²) in [6.45, 7) is 9.23. The Morgan fingerprint density at radius 1 is 0.935 bits per heavy atom. The summed E-state index contributed by atoms with van der Waals surface area (Å²) >= 11 is 0. The van der Waals surface area contributed by atoms with Gasteiger partial charge >= 0.3 is 0 Å². The van der Waals surface area contributed by atoms with Crippen molar-refractivity contribution in [1.82, 2.24) is 0 Å². The number of hydrogen-bond donors (Lipinski definition) is 0. The Hall–Kier alpha value is -1.30. The molecule has 5 nitrogen and oxygen atoms in total. The molecule has 2 saturated heterocycles. The third-order valence-electron chi connectivity index (χ3n) is 8.48. The summed E-state index contributed by atoms with van der Waals surface area (Å²) in [6.07, 6.45) is 8.31. The van der Waals surface area contributed by atoms with E-state index in [1.54, 1.807) is 14.2 Å². The van der Waals surface area contributed by atoms with Crippen LogP contribution in [-0.2, 0) is 17.7 Å². The second-order valence-corrected chi connectivity index (χ2v) is 10.9. The first-order valence-electron chi connectivity index (χ1n) is 12.4. The number of rotatable bonds is 7. The van der Waals surface area contributed by atoms with Gasteiger partial charge in [-0.15, -0.1) is 0 Å². The maximum Gasteiger partial charge on any atom is 0.161 e. The lowest BCUT2D eigenvalue weighted by Crippen LogP contribution is -2.61. The van der Waals surface area contributed by atoms with E-state index in [1.165, 1.54) is 60.8 Å². The van der Waals surface area contributed by atoms with Crippen molar-refractivity contribution < 1.29 is 23.2 Å². The second-order valence-electron chi connectivity index (χ2n) is 10.9. The molecule has 2 fully saturated rings. The van der Waals surface area contributed by atoms with Crippen molar-refractivity contribution in [2.75, 3.05) is 61.1 Å². The van der Waals surface area contributed by atoms with E-state index in [2.05, 4.69) is 33.2 Å². The van der Waals surface area contributed by atoms with Gasteiger partial charge in [0, 0.05) is 24.3 Å². The molecule has 3 aliphatic heterocycles. The van der Waals surface area contributed by atoms with Crippen LogP contribution in [0.2, 0.25) is 0 Å². The van der Waals surface area contributed by atoms with Crippen LogP contribution in [0.4, 0.5) is 0 Å². The van der Waals surface area contributed by atoms with Crippen LogP contribution in [0.25, 0.3) is 0 Å². The number of piperidine rings is 2. The van der Waals surface area contributed by atoms with Crippen LogP contribution in [0.1, 0.15) is 50.2 Å². The molecule has 5 atom stereocenters. The molecular weight excluding hydrogens is 388 g/mol. The van der Waals surface area contributed by atoms with Gasteiger partial charge in [0.2, 0.25) is 0 Å². The number of likely N-dealkylation sites (N-methyl/N-ethyl adjacent to an activating group) is 1. The molecule has 0 aromatic heterocycles. The molecule has 0 bridgehead atoms. The lowest BCUT2D eigenvalue weighted by Gasteiger charge is -2.51. The fourth-order valence-corrected chi connectivity index (χ4v) is 6.77. The number of ether oxygens (including phenoxy) is 3. The predicted molar refractivity (Wildman–Crippen MR) is 125 cm³/mol. The molecule has 0 unspecified atom stereocenters. The zero-order valence-corrected chi connectivity index (χ0v) is 20.5. The van der Waals surface area contributed by atoms with E-state index in [-0.39, 0.29) is 6.10 Å². The van der Waals surface area contributed by atoms with Gasteiger partial charge in [-0.05, 0) is 50.3 Å². The lowest BCUT2D eigenvalue weighted by atomic mass is 9.82. The van der Waals surface area contributed by atoms with E-state index >= 15 is 0 Å². The fraction of sp³-hybridized carbons (Fsp3) is 0.769. The third-order valence-corrected chi connectivity index (χ3v) is 8.48. The van der Waals surface area contributed by atoms with Crippen molar-refractivity contribution in [2.24, 2.45) is 5.92 Å². The Labute approximate surface area is 189 Å². The zero-order chi connectivity index (χ0) is 22.1. The molecule has 0 amide bonds. The monoisotopic (exact) mass is 432 g/mol. The summed E-state index contributed by atoms with van der Waals surface area (Å²) in [7, 11) is 8.32. The Bertz CT molecular complexity index is 765. The van der Waals surface area contributed by atoms with Crippen molar-refractivity contribution in [3.63, 3.8) is 0 Å². The number of methoxy groups -OCH3 is 2. The topological polar surface area (TPSA) is 27.7 Å². The first kappa shape index (κ1) is 22.9. The van der Waals surface area contributed by atoms with Crippen molar-refractivity contribution in [2.45, 2.75) is 64.1 Å². The maximum atomic E-state index is 6.54. The van der Waals surface area contributed by atoms with Gasteiger partial charge in [-0.3, -0.25) is 0 Å². The first-order chi connectivity index (χ1) is 14.9. The Morgan fingerprint density at radius 2 is 1.65 bits per heavy atom. The highest BCUT2D eigenvalue weighted by Gasteiger charge is 2.43. The summed E-state index contributed by atoms with van der Waals surface area (Å²) in [5, 5.41) is 0. The zero-order valence-electron chi connectivity index (χ0n) is 20.5. The molecule has 0 spiro atoms. The van der Waals surface area contributed by atoms with E-state index in [1.807, 2.05) is 0 Å². The largest absolute Gasteiger partial charge is 0.493 e. The second kappa shape index (κ2) is 9.29. The minimum absolute atomic E-state index is 0.288. The summed E-state index contributed by atoms with van der Waals surface area (Å²) in [6, 6.07) is 5.17. The van der Waals surface area contributed by atoms with Crippen molar-refractivity contribution in [1.29, 1.82) is 0 Å². The number of fused-ring (bicyclic) bond motifs is 2. The van der Waals surface area contributed by atoms with Crippen LogP contribution in [-0.4, -0.2) is 82.2 Å². The lowest BCUT2D eigenvalue weighted by molar-refractivity contribution is -0.947. The van der Waals surface area contributed by atoms with Gasteiger partial charge in [-0.25, -0.2) is 0 Å². The number of quaternary nitrogens is 2. The van der Waals surface area contributed by atoms with Crippen molar-refractivity contribution in [3.8, 4) is 11.5 Å². The Balaban J connectivity index is 1.35. The quantitative estimate of drug-likeness (QED) is 0.609. The summed E-state index contributed by atoms with van der Waals surface area (Å²) in [4.78, 5) is 0. The number of nitrogens with zero attached hydrogens (tertiary/aromatic N) is 2. The van der Waals surface area contributed by atoms with Crippen LogP contribution < -0.4 is 9.47 Å². The highest BCUT2D eigenvalue weighted by molar-refractivity contribution is 5.47. The predicted octanol–water partition coefficient (Wildman–Crippen LogP) is 4.02. The molecule has 1 aromatic carbocycles. The third kappa shape index (κ3) is 4.89. The highest BCUT2D eigenvalue weighted by atomic mass is 16.5. The number of benzene rings is 1. The molecule has 4 rings (SSSR count). The molecule has 31 heavy (non-hydrogen) atoms. The standard InChI is InChI=1S/C26H44N2O3/c1-20(31-19-22-9-8-13-28(3)12-7-6-10-24(22)28)17-27(2)14-11-21-15-25(29-4)26(30-5)16-23(21)18-27/h15-16,20,22,24H,6-14,17-19H2,1-5H3/q+2/t20-,22-,24+,27-,28+/m0/s1. The summed E-state index contributed by atoms with van der Waals surface area (Å²) < 4.78 is 19.9. The minimum Gasteiger partial charge on any atom is -0.493 e. The van der Waals surface area contributed by atoms with Gasteiger partial charge in [-0.2, -0.15) is 0 Å². The van der Waals surface area contributed by atoms with E-state index in [9.17, 15) is 0 Å². The van der Waals surface area contributed by atoms with E-state index in [4.69, 9.17) is 14.2 Å². The van der Waals surface area contributed by atoms with Crippen LogP contribution in [0.5, 0.6) is 11.5 Å². The van der Waals surface area contributed by atoms with Crippen LogP contribution in [0, 0.1) is 5.92 Å². The minimum atomic E-state index is 0.288. The van der Waals surface area contributed by atoms with Crippen LogP contribution in [0.15, 0.2) is 12.1 Å². The smallest absolute Gasteiger partial charge is 0.161 e. The molecule has 5 heteroatoms. The average molecular weight is 433 g/mol. The first-order valence-corrected chi connectivity index (χ1v) is 12.4. The van der Waals surface area contributed by atoms with Gasteiger partial charge in [-0.1, -0.05) is 0 Å². The molecule has 0 radical (unpaired) electrons. The molecule has 0 aliphatic carbocycles. The number of hydrogen-bond acceptors (Lipinski definition) is 3. The van der Waals surface area contributed by atoms with E-state index < -0.39 is 0 Å². The molecule has 3 heterocycles. The highest BCUT2D eigenvalue weighted by Crippen LogP contribution is 2.37. The van der Waals surface area contributed by atoms with Crippen molar-refractivity contribution >= 4 is 0 Å². The van der Waals surface area contributed by atoms with Crippen molar-refractivity contribution in [3.05, 3.63) is 23.3 Å².